The first-order valence-corrected chi connectivity index (χ1v) is 4.98. The summed E-state index contributed by atoms with van der Waals surface area (Å²) in [6.07, 6.45) is 1.71. The molecule has 0 aliphatic heterocycles. The maximum atomic E-state index is 12.0. The highest BCUT2D eigenvalue weighted by molar-refractivity contribution is 9.10. The maximum absolute atomic E-state index is 12.0. The minimum atomic E-state index is -0.199. The Morgan fingerprint density at radius 3 is 2.67 bits per heavy atom. The van der Waals surface area contributed by atoms with Gasteiger partial charge in [0.2, 0.25) is 5.78 Å². The fourth-order valence-corrected chi connectivity index (χ4v) is 1.74. The molecule has 0 saturated carbocycles. The molecule has 15 heavy (non-hydrogen) atoms. The third kappa shape index (κ3) is 1.70. The van der Waals surface area contributed by atoms with E-state index in [1.165, 1.54) is 4.68 Å². The number of nitrogens with zero attached hydrogens (tertiary/aromatic N) is 5. The number of hydrogen-bond donors (Lipinski definition) is 0. The van der Waals surface area contributed by atoms with Gasteiger partial charge in [-0.05, 0) is 22.0 Å². The fourth-order valence-electron chi connectivity index (χ4n) is 1.23. The van der Waals surface area contributed by atoms with E-state index in [0.717, 1.165) is 0 Å². The lowest BCUT2D eigenvalue weighted by Crippen LogP contribution is -2.10. The van der Waals surface area contributed by atoms with Crippen molar-refractivity contribution in [2.75, 3.05) is 0 Å². The van der Waals surface area contributed by atoms with Gasteiger partial charge in [0.25, 0.3) is 0 Å². The molecular weight excluding hydrogens is 262 g/mol. The highest BCUT2D eigenvalue weighted by atomic mass is 79.9. The number of aryl methyl sites for hydroxylation is 2. The zero-order valence-corrected chi connectivity index (χ0v) is 9.76. The maximum Gasteiger partial charge on any atom is 0.234 e. The van der Waals surface area contributed by atoms with Crippen LogP contribution in [0.25, 0.3) is 0 Å². The highest BCUT2D eigenvalue weighted by Crippen LogP contribution is 2.15. The van der Waals surface area contributed by atoms with E-state index in [-0.39, 0.29) is 5.78 Å². The number of carbonyl (C=O) groups excluding carboxylic acids is 1. The van der Waals surface area contributed by atoms with E-state index in [4.69, 9.17) is 0 Å². The van der Waals surface area contributed by atoms with Crippen molar-refractivity contribution >= 4 is 21.7 Å². The van der Waals surface area contributed by atoms with Crippen LogP contribution in [0.1, 0.15) is 16.2 Å². The molecule has 0 aromatic carbocycles. The molecule has 0 unspecified atom stereocenters. The molecule has 0 aliphatic rings. The molecule has 0 N–H and O–H groups in total. The predicted molar refractivity (Wildman–Crippen MR) is 55.3 cm³/mol. The lowest BCUT2D eigenvalue weighted by molar-refractivity contribution is 0.102. The van der Waals surface area contributed by atoms with Gasteiger partial charge in [-0.2, -0.15) is 5.10 Å². The Kier molecular flexibility index (Phi) is 2.39. The van der Waals surface area contributed by atoms with Crippen molar-refractivity contribution in [3.8, 4) is 0 Å². The summed E-state index contributed by atoms with van der Waals surface area (Å²) in [6, 6.07) is 1.65. The average Bonchev–Trinajstić information content (AvgIpc) is 2.73. The third-order valence-electron chi connectivity index (χ3n) is 1.95. The Morgan fingerprint density at radius 1 is 1.47 bits per heavy atom. The van der Waals surface area contributed by atoms with Gasteiger partial charge in [0.05, 0.1) is 0 Å². The van der Waals surface area contributed by atoms with E-state index >= 15 is 0 Å². The molecular formula is C8H8BrN5O. The summed E-state index contributed by atoms with van der Waals surface area (Å²) in [5, 5.41) is 11.5. The van der Waals surface area contributed by atoms with Crippen LogP contribution >= 0.6 is 15.9 Å². The van der Waals surface area contributed by atoms with Crippen LogP contribution in [0.15, 0.2) is 16.9 Å². The summed E-state index contributed by atoms with van der Waals surface area (Å²) >= 11 is 3.17. The third-order valence-corrected chi connectivity index (χ3v) is 2.48. The van der Waals surface area contributed by atoms with Gasteiger partial charge in [0, 0.05) is 20.3 Å². The summed E-state index contributed by atoms with van der Waals surface area (Å²) in [4.78, 5) is 12.0. The zero-order chi connectivity index (χ0) is 11.0. The Balaban J connectivity index is 2.45. The Labute approximate surface area is 94.0 Å². The van der Waals surface area contributed by atoms with Crippen molar-refractivity contribution in [2.24, 2.45) is 14.1 Å². The van der Waals surface area contributed by atoms with Crippen LogP contribution in [0.2, 0.25) is 0 Å². The van der Waals surface area contributed by atoms with Gasteiger partial charge in [-0.25, -0.2) is 4.68 Å². The largest absolute Gasteiger partial charge is 0.285 e. The smallest absolute Gasteiger partial charge is 0.234 e. The Bertz CT molecular complexity index is 495. The molecule has 0 fully saturated rings. The molecule has 78 valence electrons. The first-order chi connectivity index (χ1) is 7.09. The molecule has 0 amide bonds. The SMILES string of the molecule is Cn1ccc(C(=O)c2c(Br)nnn2C)n1. The number of halogens is 1. The van der Waals surface area contributed by atoms with Crippen LogP contribution < -0.4 is 0 Å². The van der Waals surface area contributed by atoms with Crippen LogP contribution in [-0.4, -0.2) is 30.6 Å². The van der Waals surface area contributed by atoms with Crippen molar-refractivity contribution < 1.29 is 4.79 Å². The van der Waals surface area contributed by atoms with Gasteiger partial charge in [0.15, 0.2) is 4.60 Å². The molecule has 7 heteroatoms. The topological polar surface area (TPSA) is 65.6 Å². The molecule has 0 atom stereocenters. The number of carbonyl (C=O) groups is 1. The minimum Gasteiger partial charge on any atom is -0.285 e. The monoisotopic (exact) mass is 269 g/mol. The first kappa shape index (κ1) is 10.0. The van der Waals surface area contributed by atoms with E-state index in [2.05, 4.69) is 31.3 Å². The molecule has 0 aliphatic carbocycles. The van der Waals surface area contributed by atoms with Gasteiger partial charge in [-0.15, -0.1) is 5.10 Å². The van der Waals surface area contributed by atoms with Crippen LogP contribution in [0.4, 0.5) is 0 Å². The summed E-state index contributed by atoms with van der Waals surface area (Å²) in [5.41, 5.74) is 0.775. The average molecular weight is 270 g/mol. The van der Waals surface area contributed by atoms with Gasteiger partial charge in [0.1, 0.15) is 11.4 Å². The standard InChI is InChI=1S/C8H8BrN5O/c1-13-4-3-5(11-13)7(15)6-8(9)10-12-14(6)2/h3-4H,1-2H3. The number of hydrogen-bond acceptors (Lipinski definition) is 4. The van der Waals surface area contributed by atoms with Crippen molar-refractivity contribution in [3.63, 3.8) is 0 Å². The Hall–Kier alpha value is -1.50. The molecule has 2 aromatic rings. The van der Waals surface area contributed by atoms with Crippen LogP contribution in [0.3, 0.4) is 0 Å². The normalized spacial score (nSPS) is 10.6. The van der Waals surface area contributed by atoms with Crippen LogP contribution in [0, 0.1) is 0 Å². The molecule has 0 radical (unpaired) electrons. The highest BCUT2D eigenvalue weighted by Gasteiger charge is 2.20. The van der Waals surface area contributed by atoms with E-state index in [9.17, 15) is 4.79 Å². The van der Waals surface area contributed by atoms with Gasteiger partial charge >= 0.3 is 0 Å². The molecule has 6 nitrogen and oxygen atoms in total. The van der Waals surface area contributed by atoms with Gasteiger partial charge in [-0.3, -0.25) is 9.48 Å². The van der Waals surface area contributed by atoms with Crippen molar-refractivity contribution in [1.82, 2.24) is 24.8 Å². The molecule has 2 aromatic heterocycles. The molecule has 2 rings (SSSR count). The number of ketones is 1. The number of aromatic nitrogens is 5. The first-order valence-electron chi connectivity index (χ1n) is 4.19. The summed E-state index contributed by atoms with van der Waals surface area (Å²) < 4.78 is 3.42. The van der Waals surface area contributed by atoms with E-state index in [0.29, 0.717) is 16.0 Å². The zero-order valence-electron chi connectivity index (χ0n) is 8.18. The van der Waals surface area contributed by atoms with Crippen LogP contribution in [0.5, 0.6) is 0 Å². The Morgan fingerprint density at radius 2 is 2.20 bits per heavy atom. The fraction of sp³-hybridized carbons (Fsp3) is 0.250. The van der Waals surface area contributed by atoms with Crippen molar-refractivity contribution in [3.05, 3.63) is 28.3 Å². The van der Waals surface area contributed by atoms with E-state index in [1.54, 1.807) is 31.0 Å². The second-order valence-electron chi connectivity index (χ2n) is 3.06. The summed E-state index contributed by atoms with van der Waals surface area (Å²) in [5.74, 6) is -0.199. The lowest BCUT2D eigenvalue weighted by atomic mass is 10.2. The quantitative estimate of drug-likeness (QED) is 0.747. The van der Waals surface area contributed by atoms with Gasteiger partial charge in [-0.1, -0.05) is 5.21 Å². The summed E-state index contributed by atoms with van der Waals surface area (Å²) in [6.45, 7) is 0. The summed E-state index contributed by atoms with van der Waals surface area (Å²) in [7, 11) is 3.42. The van der Waals surface area contributed by atoms with E-state index < -0.39 is 0 Å². The molecule has 2 heterocycles. The van der Waals surface area contributed by atoms with E-state index in [1.807, 2.05) is 0 Å². The number of rotatable bonds is 2. The molecule has 0 bridgehead atoms. The molecule has 0 saturated heterocycles. The van der Waals surface area contributed by atoms with Crippen LogP contribution in [-0.2, 0) is 14.1 Å². The lowest BCUT2D eigenvalue weighted by Gasteiger charge is -1.96. The molecule has 0 spiro atoms. The van der Waals surface area contributed by atoms with Gasteiger partial charge < -0.3 is 0 Å². The second kappa shape index (κ2) is 3.58. The van der Waals surface area contributed by atoms with Crippen molar-refractivity contribution in [2.45, 2.75) is 0 Å². The second-order valence-corrected chi connectivity index (χ2v) is 3.81. The predicted octanol–water partition coefficient (Wildman–Crippen LogP) is 0.542. The minimum absolute atomic E-state index is 0.199. The van der Waals surface area contributed by atoms with Crippen molar-refractivity contribution in [1.29, 1.82) is 0 Å².